The van der Waals surface area contributed by atoms with E-state index in [4.69, 9.17) is 5.73 Å². The molecule has 2 aromatic rings. The molecular weight excluding hydrogens is 300 g/mol. The van der Waals surface area contributed by atoms with Crippen LogP contribution in [-0.2, 0) is 11.2 Å². The third-order valence-electron chi connectivity index (χ3n) is 3.62. The molecule has 1 heterocycles. The quantitative estimate of drug-likeness (QED) is 0.633. The van der Waals surface area contributed by atoms with Gasteiger partial charge in [-0.25, -0.2) is 0 Å². The Labute approximate surface area is 142 Å². The summed E-state index contributed by atoms with van der Waals surface area (Å²) in [5.41, 5.74) is 9.93. The van der Waals surface area contributed by atoms with Crippen LogP contribution >= 0.6 is 0 Å². The minimum absolute atomic E-state index is 0.185. The van der Waals surface area contributed by atoms with Crippen LogP contribution < -0.4 is 11.1 Å². The van der Waals surface area contributed by atoms with Crippen molar-refractivity contribution in [2.24, 2.45) is 4.99 Å². The van der Waals surface area contributed by atoms with Crippen molar-refractivity contribution in [3.63, 3.8) is 0 Å². The fourth-order valence-corrected chi connectivity index (χ4v) is 2.26. The Balaban J connectivity index is 1.97. The minimum Gasteiger partial charge on any atom is -0.399 e. The van der Waals surface area contributed by atoms with Crippen LogP contribution in [0, 0.1) is 0 Å². The Hall–Kier alpha value is -2.95. The number of benzene rings is 1. The number of amides is 1. The lowest BCUT2D eigenvalue weighted by molar-refractivity contribution is -0.114. The molecule has 0 atom stereocenters. The number of nitrogens with zero attached hydrogens (tertiary/aromatic N) is 2. The maximum Gasteiger partial charge on any atom is 0.269 e. The molecule has 5 heteroatoms. The number of anilines is 1. The SMILES string of the molecule is CN=C(/C=C(\C)c1cccc(N)c1)C(=O)NCCc1ccncc1. The number of allylic oxidation sites excluding steroid dienone is 1. The lowest BCUT2D eigenvalue weighted by atomic mass is 10.0. The van der Waals surface area contributed by atoms with Gasteiger partial charge in [-0.1, -0.05) is 12.1 Å². The van der Waals surface area contributed by atoms with Crippen molar-refractivity contribution in [1.82, 2.24) is 10.3 Å². The summed E-state index contributed by atoms with van der Waals surface area (Å²) in [6, 6.07) is 11.4. The number of nitrogens with two attached hydrogens (primary N) is 1. The molecule has 2 rings (SSSR count). The number of nitrogens with one attached hydrogen (secondary N) is 1. The van der Waals surface area contributed by atoms with Gasteiger partial charge in [-0.2, -0.15) is 0 Å². The Bertz CT molecular complexity index is 751. The predicted molar refractivity (Wildman–Crippen MR) is 98.8 cm³/mol. The van der Waals surface area contributed by atoms with Gasteiger partial charge < -0.3 is 11.1 Å². The molecule has 0 fully saturated rings. The van der Waals surface area contributed by atoms with Crippen LogP contribution in [0.15, 0.2) is 59.9 Å². The van der Waals surface area contributed by atoms with E-state index in [1.807, 2.05) is 43.3 Å². The molecule has 0 unspecified atom stereocenters. The highest BCUT2D eigenvalue weighted by Crippen LogP contribution is 2.16. The molecule has 0 aliphatic rings. The molecule has 1 aromatic carbocycles. The molecule has 0 bridgehead atoms. The highest BCUT2D eigenvalue weighted by Gasteiger charge is 2.08. The van der Waals surface area contributed by atoms with Crippen molar-refractivity contribution in [2.45, 2.75) is 13.3 Å². The average Bonchev–Trinajstić information content (AvgIpc) is 2.60. The third kappa shape index (κ3) is 5.05. The molecule has 0 saturated carbocycles. The van der Waals surface area contributed by atoms with E-state index in [-0.39, 0.29) is 5.91 Å². The largest absolute Gasteiger partial charge is 0.399 e. The molecule has 0 spiro atoms. The van der Waals surface area contributed by atoms with Gasteiger partial charge in [-0.3, -0.25) is 14.8 Å². The summed E-state index contributed by atoms with van der Waals surface area (Å²) in [6.07, 6.45) is 6.02. The fraction of sp³-hybridized carbons (Fsp3) is 0.211. The second kappa shape index (κ2) is 8.62. The van der Waals surface area contributed by atoms with Crippen LogP contribution in [0.25, 0.3) is 5.57 Å². The number of hydrogen-bond donors (Lipinski definition) is 2. The Morgan fingerprint density at radius 3 is 2.71 bits per heavy atom. The smallest absolute Gasteiger partial charge is 0.269 e. The van der Waals surface area contributed by atoms with Crippen molar-refractivity contribution < 1.29 is 4.79 Å². The second-order valence-electron chi connectivity index (χ2n) is 5.42. The van der Waals surface area contributed by atoms with Crippen molar-refractivity contribution >= 4 is 22.9 Å². The van der Waals surface area contributed by atoms with Gasteiger partial charge in [0.2, 0.25) is 0 Å². The molecule has 3 N–H and O–H groups in total. The van der Waals surface area contributed by atoms with E-state index in [1.165, 1.54) is 0 Å². The molecule has 124 valence electrons. The molecule has 1 aromatic heterocycles. The summed E-state index contributed by atoms with van der Waals surface area (Å²) in [7, 11) is 1.61. The molecule has 5 nitrogen and oxygen atoms in total. The lowest BCUT2D eigenvalue weighted by Gasteiger charge is -2.07. The summed E-state index contributed by atoms with van der Waals surface area (Å²) in [5.74, 6) is -0.185. The highest BCUT2D eigenvalue weighted by molar-refractivity contribution is 6.44. The monoisotopic (exact) mass is 322 g/mol. The molecule has 0 aliphatic heterocycles. The van der Waals surface area contributed by atoms with Crippen molar-refractivity contribution in [1.29, 1.82) is 0 Å². The fourth-order valence-electron chi connectivity index (χ4n) is 2.26. The average molecular weight is 322 g/mol. The first-order valence-corrected chi connectivity index (χ1v) is 7.78. The van der Waals surface area contributed by atoms with E-state index in [2.05, 4.69) is 15.3 Å². The zero-order valence-corrected chi connectivity index (χ0v) is 14.0. The first-order chi connectivity index (χ1) is 11.6. The Kier molecular flexibility index (Phi) is 6.25. The zero-order chi connectivity index (χ0) is 17.4. The van der Waals surface area contributed by atoms with E-state index >= 15 is 0 Å². The van der Waals surface area contributed by atoms with Crippen LogP contribution in [0.3, 0.4) is 0 Å². The lowest BCUT2D eigenvalue weighted by Crippen LogP contribution is -2.31. The Morgan fingerprint density at radius 2 is 2.04 bits per heavy atom. The van der Waals surface area contributed by atoms with Crippen LogP contribution in [0.5, 0.6) is 0 Å². The first-order valence-electron chi connectivity index (χ1n) is 7.78. The number of nitrogen functional groups attached to an aromatic ring is 1. The van der Waals surface area contributed by atoms with E-state index in [1.54, 1.807) is 25.5 Å². The number of aliphatic imine (C=N–C) groups is 1. The Morgan fingerprint density at radius 1 is 1.29 bits per heavy atom. The van der Waals surface area contributed by atoms with Gasteiger partial charge in [0.15, 0.2) is 0 Å². The first kappa shape index (κ1) is 17.4. The number of carbonyl (C=O) groups is 1. The van der Waals surface area contributed by atoms with Gasteiger partial charge in [0, 0.05) is 31.7 Å². The summed E-state index contributed by atoms with van der Waals surface area (Å²) in [6.45, 7) is 2.48. The summed E-state index contributed by atoms with van der Waals surface area (Å²) >= 11 is 0. The predicted octanol–water partition coefficient (Wildman–Crippen LogP) is 2.50. The summed E-state index contributed by atoms with van der Waals surface area (Å²) < 4.78 is 0. The third-order valence-corrected chi connectivity index (χ3v) is 3.62. The molecule has 24 heavy (non-hydrogen) atoms. The second-order valence-corrected chi connectivity index (χ2v) is 5.42. The van der Waals surface area contributed by atoms with Crippen molar-refractivity contribution in [3.8, 4) is 0 Å². The van der Waals surface area contributed by atoms with Gasteiger partial charge in [0.1, 0.15) is 5.71 Å². The molecule has 0 aliphatic carbocycles. The maximum atomic E-state index is 12.3. The normalized spacial score (nSPS) is 12.1. The van der Waals surface area contributed by atoms with Gasteiger partial charge in [0.05, 0.1) is 0 Å². The maximum absolute atomic E-state index is 12.3. The van der Waals surface area contributed by atoms with Gasteiger partial charge in [0.25, 0.3) is 5.91 Å². The van der Waals surface area contributed by atoms with E-state index in [9.17, 15) is 4.79 Å². The van der Waals surface area contributed by atoms with Crippen LogP contribution in [0.4, 0.5) is 5.69 Å². The van der Waals surface area contributed by atoms with Crippen molar-refractivity contribution in [3.05, 3.63) is 66.0 Å². The molecule has 0 saturated heterocycles. The van der Waals surface area contributed by atoms with Gasteiger partial charge in [-0.05, 0) is 60.4 Å². The standard InChI is InChI=1S/C19H22N4O/c1-14(16-4-3-5-17(20)13-16)12-18(21-2)19(24)23-11-8-15-6-9-22-10-7-15/h3-7,9-10,12-13H,8,11,20H2,1-2H3,(H,23,24)/b14-12+,21-18?. The van der Waals surface area contributed by atoms with E-state index in [0.717, 1.165) is 23.1 Å². The van der Waals surface area contributed by atoms with Gasteiger partial charge in [-0.15, -0.1) is 0 Å². The number of rotatable bonds is 6. The van der Waals surface area contributed by atoms with E-state index < -0.39 is 0 Å². The van der Waals surface area contributed by atoms with Crippen LogP contribution in [0.2, 0.25) is 0 Å². The van der Waals surface area contributed by atoms with Crippen LogP contribution in [-0.4, -0.2) is 30.2 Å². The number of pyridine rings is 1. The molecular formula is C19H22N4O. The minimum atomic E-state index is -0.185. The number of aromatic nitrogens is 1. The number of carbonyl (C=O) groups excluding carboxylic acids is 1. The van der Waals surface area contributed by atoms with Crippen LogP contribution in [0.1, 0.15) is 18.1 Å². The topological polar surface area (TPSA) is 80.4 Å². The van der Waals surface area contributed by atoms with Crippen molar-refractivity contribution in [2.75, 3.05) is 19.3 Å². The van der Waals surface area contributed by atoms with E-state index in [0.29, 0.717) is 17.9 Å². The highest BCUT2D eigenvalue weighted by atomic mass is 16.1. The summed E-state index contributed by atoms with van der Waals surface area (Å²) in [5, 5.41) is 2.89. The zero-order valence-electron chi connectivity index (χ0n) is 14.0. The molecule has 1 amide bonds. The van der Waals surface area contributed by atoms with Gasteiger partial charge >= 0.3 is 0 Å². The summed E-state index contributed by atoms with van der Waals surface area (Å²) in [4.78, 5) is 20.3. The number of hydrogen-bond acceptors (Lipinski definition) is 4. The molecule has 0 radical (unpaired) electrons.